The van der Waals surface area contributed by atoms with Crippen molar-refractivity contribution in [3.63, 3.8) is 0 Å². The maximum absolute atomic E-state index is 11.9. The van der Waals surface area contributed by atoms with Gasteiger partial charge in [0.2, 0.25) is 0 Å². The van der Waals surface area contributed by atoms with E-state index in [1.54, 1.807) is 11.3 Å². The number of hydrogen-bond donors (Lipinski definition) is 2. The molecule has 0 spiro atoms. The number of H-pyrrole nitrogens is 1. The molecule has 0 bridgehead atoms. The highest BCUT2D eigenvalue weighted by Gasteiger charge is 2.10. The van der Waals surface area contributed by atoms with Gasteiger partial charge in [-0.05, 0) is 56.9 Å². The van der Waals surface area contributed by atoms with Gasteiger partial charge < -0.3 is 10.3 Å². The Morgan fingerprint density at radius 2 is 1.89 bits per heavy atom. The molecular formula is C23H29ClN2OS. The number of benzene rings is 1. The highest BCUT2D eigenvalue weighted by atomic mass is 35.5. The first-order valence-electron chi connectivity index (χ1n) is 9.66. The van der Waals surface area contributed by atoms with Gasteiger partial charge in [-0.2, -0.15) is 0 Å². The molecule has 5 heteroatoms. The third-order valence-corrected chi connectivity index (χ3v) is 6.08. The lowest BCUT2D eigenvalue weighted by Gasteiger charge is -2.13. The van der Waals surface area contributed by atoms with Crippen LogP contribution in [0.1, 0.15) is 42.0 Å². The molecule has 0 aliphatic heterocycles. The summed E-state index contributed by atoms with van der Waals surface area (Å²) in [7, 11) is 0. The quantitative estimate of drug-likeness (QED) is 0.508. The standard InChI is InChI=1S/C23H28N2OS.ClH/c1-4-19-14-21(17(3)25-23(19)26)22-13-12-20(27-22)15-24-16(2)10-11-18-8-6-5-7-9-18;/h5-9,12-14,16,24H,4,10-11,15H2,1-3H3,(H,25,26);1H. The van der Waals surface area contributed by atoms with Crippen LogP contribution in [0, 0.1) is 6.92 Å². The number of hydrogen-bond acceptors (Lipinski definition) is 3. The number of aromatic amines is 1. The molecule has 28 heavy (non-hydrogen) atoms. The Bertz CT molecular complexity index is 933. The van der Waals surface area contributed by atoms with Crippen LogP contribution in [0.5, 0.6) is 0 Å². The Morgan fingerprint density at radius 3 is 2.61 bits per heavy atom. The van der Waals surface area contributed by atoms with Crippen LogP contribution in [0.25, 0.3) is 10.4 Å². The van der Waals surface area contributed by atoms with Crippen LogP contribution < -0.4 is 10.9 Å². The zero-order valence-corrected chi connectivity index (χ0v) is 18.4. The van der Waals surface area contributed by atoms with Crippen molar-refractivity contribution >= 4 is 23.7 Å². The highest BCUT2D eigenvalue weighted by Crippen LogP contribution is 2.30. The minimum Gasteiger partial charge on any atom is -0.326 e. The van der Waals surface area contributed by atoms with Crippen molar-refractivity contribution in [2.24, 2.45) is 0 Å². The van der Waals surface area contributed by atoms with Gasteiger partial charge in [0.05, 0.1) is 0 Å². The minimum atomic E-state index is 0. The van der Waals surface area contributed by atoms with Gasteiger partial charge in [-0.15, -0.1) is 23.7 Å². The molecule has 0 radical (unpaired) electrons. The largest absolute Gasteiger partial charge is 0.326 e. The van der Waals surface area contributed by atoms with Crippen molar-refractivity contribution in [1.29, 1.82) is 0 Å². The van der Waals surface area contributed by atoms with E-state index in [2.05, 4.69) is 59.7 Å². The first kappa shape index (κ1) is 22.4. The van der Waals surface area contributed by atoms with Crippen molar-refractivity contribution in [2.75, 3.05) is 0 Å². The minimum absolute atomic E-state index is 0. The molecule has 2 N–H and O–H groups in total. The summed E-state index contributed by atoms with van der Waals surface area (Å²) in [5.41, 5.74) is 4.35. The van der Waals surface area contributed by atoms with Crippen LogP contribution in [-0.2, 0) is 19.4 Å². The summed E-state index contributed by atoms with van der Waals surface area (Å²) in [5, 5.41) is 3.63. The van der Waals surface area contributed by atoms with E-state index in [1.165, 1.54) is 15.3 Å². The average Bonchev–Trinajstić information content (AvgIpc) is 3.14. The molecular weight excluding hydrogens is 388 g/mol. The Balaban J connectivity index is 0.00000280. The second-order valence-electron chi connectivity index (χ2n) is 7.09. The summed E-state index contributed by atoms with van der Waals surface area (Å²) in [5.74, 6) is 0. The number of halogens is 1. The van der Waals surface area contributed by atoms with E-state index in [9.17, 15) is 4.79 Å². The summed E-state index contributed by atoms with van der Waals surface area (Å²) in [4.78, 5) is 17.5. The van der Waals surface area contributed by atoms with Gasteiger partial charge in [0, 0.05) is 39.2 Å². The monoisotopic (exact) mass is 416 g/mol. The molecule has 0 saturated heterocycles. The molecule has 0 aliphatic rings. The lowest BCUT2D eigenvalue weighted by atomic mass is 10.1. The molecule has 1 aromatic carbocycles. The lowest BCUT2D eigenvalue weighted by molar-refractivity contribution is 0.517. The normalized spacial score (nSPS) is 11.8. The first-order chi connectivity index (χ1) is 13.1. The smallest absolute Gasteiger partial charge is 0.251 e. The summed E-state index contributed by atoms with van der Waals surface area (Å²) in [6.07, 6.45) is 2.98. The predicted molar refractivity (Wildman–Crippen MR) is 123 cm³/mol. The Kier molecular flexibility index (Phi) is 8.49. The number of nitrogens with one attached hydrogen (secondary N) is 2. The second-order valence-corrected chi connectivity index (χ2v) is 8.26. The topological polar surface area (TPSA) is 44.9 Å². The molecule has 0 aliphatic carbocycles. The Morgan fingerprint density at radius 1 is 1.14 bits per heavy atom. The molecule has 150 valence electrons. The van der Waals surface area contributed by atoms with Gasteiger partial charge >= 0.3 is 0 Å². The first-order valence-corrected chi connectivity index (χ1v) is 10.5. The van der Waals surface area contributed by atoms with Crippen LogP contribution in [0.2, 0.25) is 0 Å². The van der Waals surface area contributed by atoms with Crippen LogP contribution in [0.4, 0.5) is 0 Å². The zero-order valence-electron chi connectivity index (χ0n) is 16.7. The fraction of sp³-hybridized carbons (Fsp3) is 0.348. The predicted octanol–water partition coefficient (Wildman–Crippen LogP) is 5.51. The zero-order chi connectivity index (χ0) is 19.2. The number of rotatable bonds is 8. The number of aryl methyl sites for hydroxylation is 3. The summed E-state index contributed by atoms with van der Waals surface area (Å²) >= 11 is 1.80. The van der Waals surface area contributed by atoms with E-state index in [0.29, 0.717) is 6.04 Å². The average molecular weight is 417 g/mol. The van der Waals surface area contributed by atoms with E-state index in [-0.39, 0.29) is 18.0 Å². The van der Waals surface area contributed by atoms with Crippen molar-refractivity contribution in [3.05, 3.63) is 80.6 Å². The third-order valence-electron chi connectivity index (χ3n) is 4.96. The van der Waals surface area contributed by atoms with Gasteiger partial charge in [0.15, 0.2) is 0 Å². The SMILES string of the molecule is CCc1cc(-c2ccc(CNC(C)CCc3ccccc3)s2)c(C)[nH]c1=O.Cl. The van der Waals surface area contributed by atoms with Crippen LogP contribution in [0.15, 0.2) is 53.3 Å². The molecule has 1 unspecified atom stereocenters. The fourth-order valence-electron chi connectivity index (χ4n) is 3.21. The van der Waals surface area contributed by atoms with Crippen molar-refractivity contribution in [1.82, 2.24) is 10.3 Å². The molecule has 2 aromatic heterocycles. The van der Waals surface area contributed by atoms with Crippen LogP contribution >= 0.6 is 23.7 Å². The van der Waals surface area contributed by atoms with Crippen molar-refractivity contribution in [3.8, 4) is 10.4 Å². The van der Waals surface area contributed by atoms with Crippen LogP contribution in [-0.4, -0.2) is 11.0 Å². The molecule has 2 heterocycles. The molecule has 0 fully saturated rings. The highest BCUT2D eigenvalue weighted by molar-refractivity contribution is 7.15. The van der Waals surface area contributed by atoms with Gasteiger partial charge in [-0.25, -0.2) is 0 Å². The van der Waals surface area contributed by atoms with Crippen molar-refractivity contribution < 1.29 is 0 Å². The van der Waals surface area contributed by atoms with Crippen LogP contribution in [0.3, 0.4) is 0 Å². The van der Waals surface area contributed by atoms with E-state index in [4.69, 9.17) is 0 Å². The molecule has 3 rings (SSSR count). The van der Waals surface area contributed by atoms with Crippen molar-refractivity contribution in [2.45, 2.75) is 52.6 Å². The summed E-state index contributed by atoms with van der Waals surface area (Å²) in [6.45, 7) is 7.12. The third kappa shape index (κ3) is 5.81. The van der Waals surface area contributed by atoms with E-state index < -0.39 is 0 Å². The molecule has 0 amide bonds. The summed E-state index contributed by atoms with van der Waals surface area (Å²) < 4.78 is 0. The lowest BCUT2D eigenvalue weighted by Crippen LogP contribution is -2.25. The second kappa shape index (κ2) is 10.6. The molecule has 0 saturated carbocycles. The van der Waals surface area contributed by atoms with Gasteiger partial charge in [-0.1, -0.05) is 37.3 Å². The maximum Gasteiger partial charge on any atom is 0.251 e. The molecule has 1 atom stereocenters. The molecule has 3 aromatic rings. The van der Waals surface area contributed by atoms with Gasteiger partial charge in [-0.3, -0.25) is 4.79 Å². The number of thiophene rings is 1. The van der Waals surface area contributed by atoms with Gasteiger partial charge in [0.1, 0.15) is 0 Å². The summed E-state index contributed by atoms with van der Waals surface area (Å²) in [6, 6.07) is 17.5. The van der Waals surface area contributed by atoms with Gasteiger partial charge in [0.25, 0.3) is 5.56 Å². The maximum atomic E-state index is 11.9. The number of pyridine rings is 1. The van der Waals surface area contributed by atoms with E-state index in [1.807, 2.05) is 19.9 Å². The molecule has 3 nitrogen and oxygen atoms in total. The number of aromatic nitrogens is 1. The Labute approximate surface area is 177 Å². The van der Waals surface area contributed by atoms with E-state index in [0.717, 1.165) is 42.6 Å². The Hall–Kier alpha value is -1.88. The van der Waals surface area contributed by atoms with E-state index >= 15 is 0 Å². The fourth-order valence-corrected chi connectivity index (χ4v) is 4.24.